The standard InChI is InChI=1S/C17H19N3O2S/c1-12-5-4-6-14(9-12)19-17(23)20-18-11-13-7-8-15(21-2)16(10-13)22-3/h4-11H,1-3H3,(H2,19,20,23)/b18-11-. The first-order chi connectivity index (χ1) is 11.1. The van der Waals surface area contributed by atoms with Gasteiger partial charge in [-0.2, -0.15) is 5.10 Å². The van der Waals surface area contributed by atoms with E-state index in [0.717, 1.165) is 16.8 Å². The maximum absolute atomic E-state index is 5.25. The maximum atomic E-state index is 5.25. The normalized spacial score (nSPS) is 10.4. The van der Waals surface area contributed by atoms with Crippen LogP contribution in [0.3, 0.4) is 0 Å². The third-order valence-corrected chi connectivity index (χ3v) is 3.26. The number of rotatable bonds is 5. The van der Waals surface area contributed by atoms with E-state index in [1.807, 2.05) is 49.4 Å². The Morgan fingerprint density at radius 2 is 1.87 bits per heavy atom. The van der Waals surface area contributed by atoms with Crippen molar-refractivity contribution in [2.45, 2.75) is 6.92 Å². The summed E-state index contributed by atoms with van der Waals surface area (Å²) in [5.74, 6) is 1.33. The highest BCUT2D eigenvalue weighted by Crippen LogP contribution is 2.26. The van der Waals surface area contributed by atoms with Crippen LogP contribution in [-0.4, -0.2) is 25.5 Å². The van der Waals surface area contributed by atoms with Crippen LogP contribution in [0.1, 0.15) is 11.1 Å². The molecule has 2 aromatic rings. The molecule has 0 bridgehead atoms. The van der Waals surface area contributed by atoms with E-state index in [1.165, 1.54) is 0 Å². The van der Waals surface area contributed by atoms with E-state index in [1.54, 1.807) is 20.4 Å². The van der Waals surface area contributed by atoms with Crippen LogP contribution in [0, 0.1) is 6.92 Å². The fourth-order valence-corrected chi connectivity index (χ4v) is 2.15. The number of methoxy groups -OCH3 is 2. The van der Waals surface area contributed by atoms with Crippen molar-refractivity contribution < 1.29 is 9.47 Å². The van der Waals surface area contributed by atoms with Gasteiger partial charge in [0.2, 0.25) is 0 Å². The smallest absolute Gasteiger partial charge is 0.191 e. The topological polar surface area (TPSA) is 54.9 Å². The Morgan fingerprint density at radius 1 is 1.09 bits per heavy atom. The minimum absolute atomic E-state index is 0.423. The number of nitrogens with zero attached hydrogens (tertiary/aromatic N) is 1. The largest absolute Gasteiger partial charge is 0.493 e. The van der Waals surface area contributed by atoms with Crippen molar-refractivity contribution >= 4 is 29.2 Å². The van der Waals surface area contributed by atoms with E-state index >= 15 is 0 Å². The number of anilines is 1. The highest BCUT2D eigenvalue weighted by molar-refractivity contribution is 7.80. The molecule has 5 nitrogen and oxygen atoms in total. The lowest BCUT2D eigenvalue weighted by molar-refractivity contribution is 0.355. The predicted molar refractivity (Wildman–Crippen MR) is 97.7 cm³/mol. The Hall–Kier alpha value is -2.60. The fourth-order valence-electron chi connectivity index (χ4n) is 1.98. The monoisotopic (exact) mass is 329 g/mol. The number of ether oxygens (including phenoxy) is 2. The van der Waals surface area contributed by atoms with Gasteiger partial charge in [0.25, 0.3) is 0 Å². The molecule has 0 saturated carbocycles. The van der Waals surface area contributed by atoms with Crippen molar-refractivity contribution in [3.8, 4) is 11.5 Å². The van der Waals surface area contributed by atoms with Crippen LogP contribution in [0.5, 0.6) is 11.5 Å². The van der Waals surface area contributed by atoms with Gasteiger partial charge >= 0.3 is 0 Å². The summed E-state index contributed by atoms with van der Waals surface area (Å²) in [6.45, 7) is 2.02. The van der Waals surface area contributed by atoms with Crippen LogP contribution in [0.4, 0.5) is 5.69 Å². The van der Waals surface area contributed by atoms with Crippen LogP contribution < -0.4 is 20.2 Å². The Balaban J connectivity index is 1.94. The van der Waals surface area contributed by atoms with Crippen molar-refractivity contribution in [1.82, 2.24) is 5.43 Å². The summed E-state index contributed by atoms with van der Waals surface area (Å²) < 4.78 is 10.4. The third-order valence-electron chi connectivity index (χ3n) is 3.06. The third kappa shape index (κ3) is 4.96. The molecule has 0 radical (unpaired) electrons. The molecule has 0 aliphatic rings. The highest BCUT2D eigenvalue weighted by Gasteiger charge is 2.03. The van der Waals surface area contributed by atoms with E-state index in [2.05, 4.69) is 15.8 Å². The zero-order chi connectivity index (χ0) is 16.7. The summed E-state index contributed by atoms with van der Waals surface area (Å²) in [6, 6.07) is 13.5. The zero-order valence-corrected chi connectivity index (χ0v) is 14.1. The van der Waals surface area contributed by atoms with E-state index in [9.17, 15) is 0 Å². The van der Waals surface area contributed by atoms with Crippen molar-refractivity contribution in [1.29, 1.82) is 0 Å². The van der Waals surface area contributed by atoms with Gasteiger partial charge in [-0.15, -0.1) is 0 Å². The molecule has 0 spiro atoms. The Bertz CT molecular complexity index is 717. The van der Waals surface area contributed by atoms with Crippen LogP contribution in [-0.2, 0) is 0 Å². The van der Waals surface area contributed by atoms with Gasteiger partial charge in [-0.25, -0.2) is 0 Å². The molecule has 2 aromatic carbocycles. The highest BCUT2D eigenvalue weighted by atomic mass is 32.1. The number of hydrogen-bond donors (Lipinski definition) is 2. The molecule has 0 fully saturated rings. The average Bonchev–Trinajstić information content (AvgIpc) is 2.54. The van der Waals surface area contributed by atoms with E-state index in [4.69, 9.17) is 21.7 Å². The molecule has 2 rings (SSSR count). The van der Waals surface area contributed by atoms with Gasteiger partial charge in [0.1, 0.15) is 0 Å². The molecule has 0 amide bonds. The van der Waals surface area contributed by atoms with Gasteiger partial charge in [0.15, 0.2) is 16.6 Å². The van der Waals surface area contributed by atoms with Crippen molar-refractivity contribution in [3.63, 3.8) is 0 Å². The molecule has 2 N–H and O–H groups in total. The molecule has 0 unspecified atom stereocenters. The summed E-state index contributed by atoms with van der Waals surface area (Å²) in [6.07, 6.45) is 1.66. The minimum atomic E-state index is 0.423. The van der Waals surface area contributed by atoms with Gasteiger partial charge in [0, 0.05) is 5.69 Å². The summed E-state index contributed by atoms with van der Waals surface area (Å²) >= 11 is 5.20. The van der Waals surface area contributed by atoms with Gasteiger partial charge in [0.05, 0.1) is 20.4 Å². The summed E-state index contributed by atoms with van der Waals surface area (Å²) in [7, 11) is 3.19. The number of thiocarbonyl (C=S) groups is 1. The summed E-state index contributed by atoms with van der Waals surface area (Å²) in [5.41, 5.74) is 5.73. The Kier molecular flexibility index (Phi) is 5.94. The molecule has 0 aliphatic heterocycles. The van der Waals surface area contributed by atoms with Crippen LogP contribution in [0.15, 0.2) is 47.6 Å². The summed E-state index contributed by atoms with van der Waals surface area (Å²) in [4.78, 5) is 0. The molecule has 0 atom stereocenters. The number of hydrogen-bond acceptors (Lipinski definition) is 4. The average molecular weight is 329 g/mol. The minimum Gasteiger partial charge on any atom is -0.493 e. The lowest BCUT2D eigenvalue weighted by Gasteiger charge is -2.08. The molecular weight excluding hydrogens is 310 g/mol. The van der Waals surface area contributed by atoms with Gasteiger partial charge in [-0.1, -0.05) is 12.1 Å². The molecular formula is C17H19N3O2S. The first-order valence-corrected chi connectivity index (χ1v) is 7.42. The molecule has 0 saturated heterocycles. The predicted octanol–water partition coefficient (Wildman–Crippen LogP) is 3.33. The lowest BCUT2D eigenvalue weighted by atomic mass is 10.2. The number of benzene rings is 2. The first-order valence-electron chi connectivity index (χ1n) is 7.01. The maximum Gasteiger partial charge on any atom is 0.191 e. The number of hydrazone groups is 1. The number of aryl methyl sites for hydroxylation is 1. The second kappa shape index (κ2) is 8.14. The van der Waals surface area contributed by atoms with Gasteiger partial charge < -0.3 is 14.8 Å². The van der Waals surface area contributed by atoms with Crippen molar-refractivity contribution in [2.75, 3.05) is 19.5 Å². The second-order valence-electron chi connectivity index (χ2n) is 4.81. The molecule has 23 heavy (non-hydrogen) atoms. The Labute approximate surface area is 141 Å². The van der Waals surface area contributed by atoms with E-state index in [-0.39, 0.29) is 0 Å². The molecule has 120 valence electrons. The zero-order valence-electron chi connectivity index (χ0n) is 13.3. The number of nitrogens with one attached hydrogen (secondary N) is 2. The van der Waals surface area contributed by atoms with Crippen molar-refractivity contribution in [3.05, 3.63) is 53.6 Å². The summed E-state index contributed by atoms with van der Waals surface area (Å²) in [5, 5.41) is 7.61. The molecule has 0 heterocycles. The van der Waals surface area contributed by atoms with Gasteiger partial charge in [-0.05, 0) is 60.6 Å². The second-order valence-corrected chi connectivity index (χ2v) is 5.22. The Morgan fingerprint density at radius 3 is 2.57 bits per heavy atom. The quantitative estimate of drug-likeness (QED) is 0.501. The lowest BCUT2D eigenvalue weighted by Crippen LogP contribution is -2.23. The van der Waals surface area contributed by atoms with Crippen LogP contribution in [0.25, 0.3) is 0 Å². The SMILES string of the molecule is COc1ccc(/C=N\NC(=S)Nc2cccc(C)c2)cc1OC. The van der Waals surface area contributed by atoms with Crippen LogP contribution >= 0.6 is 12.2 Å². The fraction of sp³-hybridized carbons (Fsp3) is 0.176. The van der Waals surface area contributed by atoms with Crippen LogP contribution in [0.2, 0.25) is 0 Å². The first kappa shape index (κ1) is 16.8. The van der Waals surface area contributed by atoms with Gasteiger partial charge in [-0.3, -0.25) is 5.43 Å². The molecule has 0 aromatic heterocycles. The van der Waals surface area contributed by atoms with E-state index in [0.29, 0.717) is 16.6 Å². The molecule has 0 aliphatic carbocycles. The van der Waals surface area contributed by atoms with Crippen molar-refractivity contribution in [2.24, 2.45) is 5.10 Å². The molecule has 6 heteroatoms. The van der Waals surface area contributed by atoms with E-state index < -0.39 is 0 Å².